The molecule has 2 aliphatic carbocycles. The lowest BCUT2D eigenvalue weighted by molar-refractivity contribution is -0.0517. The van der Waals surface area contributed by atoms with E-state index in [1.54, 1.807) is 7.11 Å². The largest absolute Gasteiger partial charge is 0.370 e. The Balaban J connectivity index is 2.05. The third-order valence-electron chi connectivity index (χ3n) is 4.44. The fourth-order valence-electron chi connectivity index (χ4n) is 3.33. The first-order chi connectivity index (χ1) is 8.75. The minimum absolute atomic E-state index is 0.219. The lowest BCUT2D eigenvalue weighted by Gasteiger charge is -2.35. The van der Waals surface area contributed by atoms with Crippen LogP contribution in [0.3, 0.4) is 0 Å². The molecule has 1 saturated carbocycles. The summed E-state index contributed by atoms with van der Waals surface area (Å²) in [7, 11) is 1.80. The van der Waals surface area contributed by atoms with Gasteiger partial charge in [-0.05, 0) is 32.1 Å². The van der Waals surface area contributed by atoms with Crippen molar-refractivity contribution < 1.29 is 4.74 Å². The van der Waals surface area contributed by atoms with Gasteiger partial charge in [-0.2, -0.15) is 0 Å². The second kappa shape index (κ2) is 4.74. The second-order valence-electron chi connectivity index (χ2n) is 5.46. The second-order valence-corrected chi connectivity index (χ2v) is 5.85. The van der Waals surface area contributed by atoms with Crippen LogP contribution < -0.4 is 0 Å². The van der Waals surface area contributed by atoms with Gasteiger partial charge in [-0.15, -0.1) is 0 Å². The summed E-state index contributed by atoms with van der Waals surface area (Å²) in [5.74, 6) is 0.968. The SMILES string of the molecule is COC1(c2nc(=S)c3c([nH]2)CCC3)CCCCC1. The van der Waals surface area contributed by atoms with E-state index in [1.165, 1.54) is 36.9 Å². The number of nitrogens with one attached hydrogen (secondary N) is 1. The zero-order valence-electron chi connectivity index (χ0n) is 10.9. The molecule has 2 aliphatic rings. The molecule has 18 heavy (non-hydrogen) atoms. The van der Waals surface area contributed by atoms with Gasteiger partial charge < -0.3 is 9.72 Å². The quantitative estimate of drug-likeness (QED) is 0.832. The number of ether oxygens (including phenoxy) is 1. The van der Waals surface area contributed by atoms with Gasteiger partial charge in [0.15, 0.2) is 0 Å². The van der Waals surface area contributed by atoms with Gasteiger partial charge in [0.05, 0.1) is 0 Å². The minimum Gasteiger partial charge on any atom is -0.370 e. The normalized spacial score (nSPS) is 21.8. The van der Waals surface area contributed by atoms with Crippen LogP contribution in [-0.4, -0.2) is 17.1 Å². The molecule has 1 fully saturated rings. The van der Waals surface area contributed by atoms with Crippen LogP contribution in [0.25, 0.3) is 0 Å². The molecule has 3 rings (SSSR count). The summed E-state index contributed by atoms with van der Waals surface area (Å²) < 4.78 is 6.63. The zero-order chi connectivity index (χ0) is 12.6. The van der Waals surface area contributed by atoms with Crippen molar-refractivity contribution in [1.29, 1.82) is 0 Å². The number of H-pyrrole nitrogens is 1. The van der Waals surface area contributed by atoms with E-state index in [2.05, 4.69) is 9.97 Å². The van der Waals surface area contributed by atoms with Crippen molar-refractivity contribution in [2.45, 2.75) is 57.0 Å². The van der Waals surface area contributed by atoms with E-state index in [9.17, 15) is 0 Å². The fraction of sp³-hybridized carbons (Fsp3) is 0.714. The Morgan fingerprint density at radius 1 is 1.17 bits per heavy atom. The molecule has 0 atom stereocenters. The average Bonchev–Trinajstić information content (AvgIpc) is 2.88. The predicted octanol–water partition coefficient (Wildman–Crippen LogP) is 3.43. The molecule has 0 spiro atoms. The first kappa shape index (κ1) is 12.3. The van der Waals surface area contributed by atoms with Gasteiger partial charge in [0.1, 0.15) is 16.1 Å². The van der Waals surface area contributed by atoms with E-state index >= 15 is 0 Å². The fourth-order valence-corrected chi connectivity index (χ4v) is 3.65. The molecule has 4 heteroatoms. The summed E-state index contributed by atoms with van der Waals surface area (Å²) in [6.07, 6.45) is 9.23. The number of aromatic amines is 1. The summed E-state index contributed by atoms with van der Waals surface area (Å²) in [5.41, 5.74) is 2.34. The van der Waals surface area contributed by atoms with Crippen LogP contribution in [0.2, 0.25) is 0 Å². The lowest BCUT2D eigenvalue weighted by atomic mass is 9.84. The molecule has 1 aromatic rings. The molecule has 0 saturated heterocycles. The van der Waals surface area contributed by atoms with Crippen LogP contribution in [0.5, 0.6) is 0 Å². The Labute approximate surface area is 113 Å². The maximum Gasteiger partial charge on any atom is 0.140 e. The smallest absolute Gasteiger partial charge is 0.140 e. The van der Waals surface area contributed by atoms with Crippen LogP contribution in [0.15, 0.2) is 0 Å². The molecule has 1 aromatic heterocycles. The van der Waals surface area contributed by atoms with Crippen molar-refractivity contribution in [3.63, 3.8) is 0 Å². The van der Waals surface area contributed by atoms with E-state index in [4.69, 9.17) is 17.0 Å². The highest BCUT2D eigenvalue weighted by Crippen LogP contribution is 2.39. The molecule has 98 valence electrons. The van der Waals surface area contributed by atoms with Gasteiger partial charge >= 0.3 is 0 Å². The molecule has 1 N–H and O–H groups in total. The molecular weight excluding hydrogens is 244 g/mol. The first-order valence-electron chi connectivity index (χ1n) is 6.93. The highest BCUT2D eigenvalue weighted by molar-refractivity contribution is 7.71. The number of methoxy groups -OCH3 is 1. The first-order valence-corrected chi connectivity index (χ1v) is 7.34. The molecule has 0 aromatic carbocycles. The zero-order valence-corrected chi connectivity index (χ0v) is 11.7. The van der Waals surface area contributed by atoms with E-state index in [0.717, 1.165) is 36.1 Å². The standard InChI is InChI=1S/C14H20N2OS/c1-17-14(8-3-2-4-9-14)13-15-11-7-5-6-10(11)12(18)16-13/h2-9H2,1H3,(H,15,16,18). The molecule has 3 nitrogen and oxygen atoms in total. The van der Waals surface area contributed by atoms with Crippen molar-refractivity contribution in [2.75, 3.05) is 7.11 Å². The minimum atomic E-state index is -0.219. The topological polar surface area (TPSA) is 37.9 Å². The van der Waals surface area contributed by atoms with E-state index < -0.39 is 0 Å². The summed E-state index contributed by atoms with van der Waals surface area (Å²) in [6, 6.07) is 0. The number of aryl methyl sites for hydroxylation is 1. The van der Waals surface area contributed by atoms with Crippen LogP contribution in [0.1, 0.15) is 55.6 Å². The Hall–Kier alpha value is -0.740. The van der Waals surface area contributed by atoms with E-state index in [0.29, 0.717) is 0 Å². The summed E-state index contributed by atoms with van der Waals surface area (Å²) in [5, 5.41) is 0. The third kappa shape index (κ3) is 1.91. The van der Waals surface area contributed by atoms with Gasteiger partial charge in [-0.1, -0.05) is 31.5 Å². The van der Waals surface area contributed by atoms with E-state index in [-0.39, 0.29) is 5.60 Å². The van der Waals surface area contributed by atoms with Gasteiger partial charge in [0.25, 0.3) is 0 Å². The molecule has 0 radical (unpaired) electrons. The maximum atomic E-state index is 5.84. The highest BCUT2D eigenvalue weighted by atomic mass is 32.1. The number of hydrogen-bond acceptors (Lipinski definition) is 3. The van der Waals surface area contributed by atoms with Gasteiger partial charge in [0.2, 0.25) is 0 Å². The van der Waals surface area contributed by atoms with Crippen molar-refractivity contribution in [3.8, 4) is 0 Å². The van der Waals surface area contributed by atoms with Crippen LogP contribution in [0, 0.1) is 4.64 Å². The highest BCUT2D eigenvalue weighted by Gasteiger charge is 2.37. The molecule has 1 heterocycles. The maximum absolute atomic E-state index is 5.84. The van der Waals surface area contributed by atoms with Crippen molar-refractivity contribution in [3.05, 3.63) is 21.7 Å². The van der Waals surface area contributed by atoms with Gasteiger partial charge in [-0.3, -0.25) is 0 Å². The van der Waals surface area contributed by atoms with Crippen LogP contribution >= 0.6 is 12.2 Å². The molecule has 0 unspecified atom stereocenters. The van der Waals surface area contributed by atoms with Crippen LogP contribution in [-0.2, 0) is 23.2 Å². The molecular formula is C14H20N2OS. The third-order valence-corrected chi connectivity index (χ3v) is 4.78. The van der Waals surface area contributed by atoms with Gasteiger partial charge in [0, 0.05) is 18.4 Å². The Morgan fingerprint density at radius 3 is 2.67 bits per heavy atom. The summed E-state index contributed by atoms with van der Waals surface area (Å²) in [6.45, 7) is 0. The average molecular weight is 264 g/mol. The van der Waals surface area contributed by atoms with Crippen LogP contribution in [0.4, 0.5) is 0 Å². The molecule has 0 bridgehead atoms. The molecule has 0 aliphatic heterocycles. The monoisotopic (exact) mass is 264 g/mol. The van der Waals surface area contributed by atoms with Gasteiger partial charge in [-0.25, -0.2) is 4.98 Å². The van der Waals surface area contributed by atoms with Crippen molar-refractivity contribution in [1.82, 2.24) is 9.97 Å². The molecule has 0 amide bonds. The number of hydrogen-bond donors (Lipinski definition) is 1. The van der Waals surface area contributed by atoms with Crippen molar-refractivity contribution >= 4 is 12.2 Å². The van der Waals surface area contributed by atoms with Crippen molar-refractivity contribution in [2.24, 2.45) is 0 Å². The van der Waals surface area contributed by atoms with E-state index in [1.807, 2.05) is 0 Å². The Bertz CT molecular complexity index is 503. The lowest BCUT2D eigenvalue weighted by Crippen LogP contribution is -2.33. The Kier molecular flexibility index (Phi) is 3.24. The Morgan fingerprint density at radius 2 is 1.94 bits per heavy atom. The number of aromatic nitrogens is 2. The summed E-state index contributed by atoms with van der Waals surface area (Å²) >= 11 is 5.45. The number of fused-ring (bicyclic) bond motifs is 1. The summed E-state index contributed by atoms with van der Waals surface area (Å²) in [4.78, 5) is 8.17. The predicted molar refractivity (Wildman–Crippen MR) is 73.2 cm³/mol. The number of nitrogens with zero attached hydrogens (tertiary/aromatic N) is 1. The number of rotatable bonds is 2.